The molecule has 0 aromatic carbocycles. The van der Waals surface area contributed by atoms with Crippen molar-refractivity contribution in [2.45, 2.75) is 19.9 Å². The van der Waals surface area contributed by atoms with Gasteiger partial charge in [-0.15, -0.1) is 0 Å². The van der Waals surface area contributed by atoms with Gasteiger partial charge in [-0.05, 0) is 6.42 Å². The van der Waals surface area contributed by atoms with Crippen LogP contribution < -0.4 is 5.32 Å². The minimum atomic E-state index is 0.776. The first-order chi connectivity index (χ1) is 6.84. The summed E-state index contributed by atoms with van der Waals surface area (Å²) in [6, 6.07) is 0. The van der Waals surface area contributed by atoms with E-state index in [9.17, 15) is 0 Å². The van der Waals surface area contributed by atoms with Crippen LogP contribution >= 0.6 is 0 Å². The molecular formula is C10H19N3O. The SMILES string of the molecule is CCCOCCNCc1nccn1C. The van der Waals surface area contributed by atoms with Gasteiger partial charge in [-0.25, -0.2) is 4.98 Å². The fourth-order valence-electron chi connectivity index (χ4n) is 1.16. The Labute approximate surface area is 85.3 Å². The molecule has 80 valence electrons. The van der Waals surface area contributed by atoms with Crippen LogP contribution in [0.3, 0.4) is 0 Å². The highest BCUT2D eigenvalue weighted by Crippen LogP contribution is 1.92. The molecule has 1 rings (SSSR count). The largest absolute Gasteiger partial charge is 0.380 e. The molecule has 0 aliphatic heterocycles. The van der Waals surface area contributed by atoms with Crippen LogP contribution in [0.2, 0.25) is 0 Å². The summed E-state index contributed by atoms with van der Waals surface area (Å²) in [7, 11) is 2.00. The lowest BCUT2D eigenvalue weighted by Gasteiger charge is -2.05. The summed E-state index contributed by atoms with van der Waals surface area (Å²) < 4.78 is 7.36. The lowest BCUT2D eigenvalue weighted by Crippen LogP contribution is -2.21. The Kier molecular flexibility index (Phi) is 5.25. The average Bonchev–Trinajstić information content (AvgIpc) is 2.58. The molecule has 0 saturated carbocycles. The van der Waals surface area contributed by atoms with Crippen molar-refractivity contribution in [2.24, 2.45) is 7.05 Å². The summed E-state index contributed by atoms with van der Waals surface area (Å²) in [4.78, 5) is 4.21. The van der Waals surface area contributed by atoms with Gasteiger partial charge in [0.05, 0.1) is 13.2 Å². The molecule has 0 saturated heterocycles. The van der Waals surface area contributed by atoms with Crippen molar-refractivity contribution in [3.05, 3.63) is 18.2 Å². The van der Waals surface area contributed by atoms with Gasteiger partial charge in [-0.1, -0.05) is 6.92 Å². The molecule has 1 aromatic heterocycles. The molecule has 0 aliphatic carbocycles. The predicted molar refractivity (Wildman–Crippen MR) is 56.0 cm³/mol. The maximum Gasteiger partial charge on any atom is 0.122 e. The second-order valence-corrected chi connectivity index (χ2v) is 3.24. The number of hydrogen-bond acceptors (Lipinski definition) is 3. The third kappa shape index (κ3) is 3.89. The van der Waals surface area contributed by atoms with Gasteiger partial charge in [-0.3, -0.25) is 0 Å². The molecule has 0 unspecified atom stereocenters. The number of imidazole rings is 1. The van der Waals surface area contributed by atoms with Crippen LogP contribution in [-0.4, -0.2) is 29.3 Å². The van der Waals surface area contributed by atoms with Crippen LogP contribution in [0.25, 0.3) is 0 Å². The van der Waals surface area contributed by atoms with Gasteiger partial charge in [0.15, 0.2) is 0 Å². The quantitative estimate of drug-likeness (QED) is 0.661. The van der Waals surface area contributed by atoms with E-state index in [1.54, 1.807) is 0 Å². The van der Waals surface area contributed by atoms with Gasteiger partial charge in [0.2, 0.25) is 0 Å². The van der Waals surface area contributed by atoms with Crippen LogP contribution in [0.1, 0.15) is 19.2 Å². The summed E-state index contributed by atoms with van der Waals surface area (Å²) in [6.07, 6.45) is 4.84. The summed E-state index contributed by atoms with van der Waals surface area (Å²) in [5, 5.41) is 3.28. The topological polar surface area (TPSA) is 39.1 Å². The molecule has 0 spiro atoms. The molecule has 14 heavy (non-hydrogen) atoms. The van der Waals surface area contributed by atoms with Gasteiger partial charge in [0.1, 0.15) is 5.82 Å². The highest BCUT2D eigenvalue weighted by Gasteiger charge is 1.96. The summed E-state index contributed by atoms with van der Waals surface area (Å²) >= 11 is 0. The van der Waals surface area contributed by atoms with Crippen LogP contribution in [0.15, 0.2) is 12.4 Å². The van der Waals surface area contributed by atoms with Crippen LogP contribution in [-0.2, 0) is 18.3 Å². The molecule has 1 aromatic rings. The van der Waals surface area contributed by atoms with E-state index in [4.69, 9.17) is 4.74 Å². The Morgan fingerprint density at radius 3 is 3.00 bits per heavy atom. The molecule has 0 radical (unpaired) electrons. The van der Waals surface area contributed by atoms with Crippen molar-refractivity contribution in [1.29, 1.82) is 0 Å². The zero-order chi connectivity index (χ0) is 10.2. The third-order valence-corrected chi connectivity index (χ3v) is 1.98. The molecule has 0 fully saturated rings. The van der Waals surface area contributed by atoms with Gasteiger partial charge < -0.3 is 14.6 Å². The van der Waals surface area contributed by atoms with Crippen molar-refractivity contribution in [1.82, 2.24) is 14.9 Å². The van der Waals surface area contributed by atoms with Gasteiger partial charge in [-0.2, -0.15) is 0 Å². The summed E-state index contributed by atoms with van der Waals surface area (Å²) in [6.45, 7) is 5.43. The second-order valence-electron chi connectivity index (χ2n) is 3.24. The lowest BCUT2D eigenvalue weighted by atomic mass is 10.5. The van der Waals surface area contributed by atoms with E-state index in [0.717, 1.165) is 38.5 Å². The fraction of sp³-hybridized carbons (Fsp3) is 0.700. The van der Waals surface area contributed by atoms with Gasteiger partial charge >= 0.3 is 0 Å². The number of rotatable bonds is 7. The standard InChI is InChI=1S/C10H19N3O/c1-3-7-14-8-5-11-9-10-12-4-6-13(10)2/h4,6,11H,3,5,7-9H2,1-2H3. The van der Waals surface area contributed by atoms with Crippen molar-refractivity contribution < 1.29 is 4.74 Å². The van der Waals surface area contributed by atoms with Crippen LogP contribution in [0, 0.1) is 0 Å². The minimum absolute atomic E-state index is 0.776. The Morgan fingerprint density at radius 2 is 2.36 bits per heavy atom. The maximum atomic E-state index is 5.34. The molecule has 4 heteroatoms. The zero-order valence-electron chi connectivity index (χ0n) is 8.99. The number of hydrogen-bond donors (Lipinski definition) is 1. The van der Waals surface area contributed by atoms with E-state index in [1.165, 1.54) is 0 Å². The molecule has 4 nitrogen and oxygen atoms in total. The smallest absolute Gasteiger partial charge is 0.122 e. The number of nitrogens with one attached hydrogen (secondary N) is 1. The van der Waals surface area contributed by atoms with Crippen molar-refractivity contribution in [2.75, 3.05) is 19.8 Å². The average molecular weight is 197 g/mol. The van der Waals surface area contributed by atoms with E-state index < -0.39 is 0 Å². The third-order valence-electron chi connectivity index (χ3n) is 1.98. The monoisotopic (exact) mass is 197 g/mol. The van der Waals surface area contributed by atoms with E-state index in [0.29, 0.717) is 0 Å². The lowest BCUT2D eigenvalue weighted by molar-refractivity contribution is 0.136. The minimum Gasteiger partial charge on any atom is -0.380 e. The Balaban J connectivity index is 2.02. The molecular weight excluding hydrogens is 178 g/mol. The number of nitrogens with zero attached hydrogens (tertiary/aromatic N) is 2. The van der Waals surface area contributed by atoms with Gasteiger partial charge in [0.25, 0.3) is 0 Å². The number of aromatic nitrogens is 2. The molecule has 0 atom stereocenters. The van der Waals surface area contributed by atoms with Crippen LogP contribution in [0.5, 0.6) is 0 Å². The zero-order valence-corrected chi connectivity index (χ0v) is 8.99. The highest BCUT2D eigenvalue weighted by atomic mass is 16.5. The Bertz CT molecular complexity index is 247. The molecule has 0 amide bonds. The first kappa shape index (κ1) is 11.2. The summed E-state index contributed by atoms with van der Waals surface area (Å²) in [5.74, 6) is 1.06. The van der Waals surface area contributed by atoms with Crippen molar-refractivity contribution in [3.63, 3.8) is 0 Å². The number of aryl methyl sites for hydroxylation is 1. The number of ether oxygens (including phenoxy) is 1. The molecule has 1 N–H and O–H groups in total. The molecule has 0 aliphatic rings. The first-order valence-electron chi connectivity index (χ1n) is 5.09. The molecule has 1 heterocycles. The van der Waals surface area contributed by atoms with E-state index in [2.05, 4.69) is 17.2 Å². The van der Waals surface area contributed by atoms with Crippen molar-refractivity contribution >= 4 is 0 Å². The highest BCUT2D eigenvalue weighted by molar-refractivity contribution is 4.90. The predicted octanol–water partition coefficient (Wildman–Crippen LogP) is 0.936. The maximum absolute atomic E-state index is 5.34. The van der Waals surface area contributed by atoms with Gasteiger partial charge in [0, 0.05) is 32.6 Å². The summed E-state index contributed by atoms with van der Waals surface area (Å²) in [5.41, 5.74) is 0. The van der Waals surface area contributed by atoms with Crippen molar-refractivity contribution in [3.8, 4) is 0 Å². The van der Waals surface area contributed by atoms with E-state index in [1.807, 2.05) is 24.0 Å². The Morgan fingerprint density at radius 1 is 1.50 bits per heavy atom. The first-order valence-corrected chi connectivity index (χ1v) is 5.09. The van der Waals surface area contributed by atoms with E-state index >= 15 is 0 Å². The van der Waals surface area contributed by atoms with E-state index in [-0.39, 0.29) is 0 Å². The Hall–Kier alpha value is -0.870. The fourth-order valence-corrected chi connectivity index (χ4v) is 1.16. The molecule has 0 bridgehead atoms. The van der Waals surface area contributed by atoms with Crippen LogP contribution in [0.4, 0.5) is 0 Å². The normalized spacial score (nSPS) is 10.7. The second kappa shape index (κ2) is 6.56.